The van der Waals surface area contributed by atoms with Crippen molar-refractivity contribution in [2.45, 2.75) is 31.7 Å². The maximum atomic E-state index is 12.1. The van der Waals surface area contributed by atoms with Crippen molar-refractivity contribution in [2.24, 2.45) is 0 Å². The third-order valence-electron chi connectivity index (χ3n) is 3.76. The van der Waals surface area contributed by atoms with Gasteiger partial charge < -0.3 is 4.90 Å². The van der Waals surface area contributed by atoms with Crippen LogP contribution in [0.15, 0.2) is 30.3 Å². The summed E-state index contributed by atoms with van der Waals surface area (Å²) in [5, 5.41) is 0. The lowest BCUT2D eigenvalue weighted by Gasteiger charge is -2.16. The van der Waals surface area contributed by atoms with E-state index >= 15 is 0 Å². The Morgan fingerprint density at radius 3 is 2.53 bits per heavy atom. The van der Waals surface area contributed by atoms with Gasteiger partial charge >= 0.3 is 6.03 Å². The van der Waals surface area contributed by atoms with Crippen molar-refractivity contribution < 1.29 is 9.59 Å². The van der Waals surface area contributed by atoms with Gasteiger partial charge in [-0.1, -0.05) is 30.3 Å². The van der Waals surface area contributed by atoms with E-state index in [9.17, 15) is 9.59 Å². The fraction of sp³-hybridized carbons (Fsp3) is 0.467. The molecule has 4 heteroatoms. The van der Waals surface area contributed by atoms with Gasteiger partial charge in [0.15, 0.2) is 0 Å². The SMILES string of the molecule is O=C1CN(C2CC2)C(=O)N1CCCc1ccccc1. The van der Waals surface area contributed by atoms with Gasteiger partial charge in [-0.15, -0.1) is 0 Å². The third kappa shape index (κ3) is 2.62. The summed E-state index contributed by atoms with van der Waals surface area (Å²) < 4.78 is 0. The lowest BCUT2D eigenvalue weighted by Crippen LogP contribution is -2.34. The molecule has 0 unspecified atom stereocenters. The van der Waals surface area contributed by atoms with Gasteiger partial charge in [0.05, 0.1) is 0 Å². The zero-order valence-electron chi connectivity index (χ0n) is 10.9. The van der Waals surface area contributed by atoms with Crippen LogP contribution < -0.4 is 0 Å². The normalized spacial score (nSPS) is 19.4. The molecule has 1 saturated carbocycles. The molecule has 2 aliphatic rings. The molecule has 0 aromatic heterocycles. The zero-order valence-corrected chi connectivity index (χ0v) is 10.9. The minimum Gasteiger partial charge on any atom is -0.312 e. The molecule has 19 heavy (non-hydrogen) atoms. The monoisotopic (exact) mass is 258 g/mol. The Labute approximate surface area is 113 Å². The van der Waals surface area contributed by atoms with E-state index in [2.05, 4.69) is 12.1 Å². The Hall–Kier alpha value is -1.84. The van der Waals surface area contributed by atoms with Gasteiger partial charge in [-0.3, -0.25) is 9.69 Å². The second-order valence-electron chi connectivity index (χ2n) is 5.28. The van der Waals surface area contributed by atoms with Crippen molar-refractivity contribution in [1.29, 1.82) is 0 Å². The van der Waals surface area contributed by atoms with E-state index in [1.165, 1.54) is 10.5 Å². The average molecular weight is 258 g/mol. The van der Waals surface area contributed by atoms with E-state index in [1.54, 1.807) is 4.90 Å². The first-order chi connectivity index (χ1) is 9.25. The fourth-order valence-corrected chi connectivity index (χ4v) is 2.54. The van der Waals surface area contributed by atoms with Gasteiger partial charge in [0.25, 0.3) is 0 Å². The first-order valence-electron chi connectivity index (χ1n) is 6.90. The van der Waals surface area contributed by atoms with Crippen LogP contribution in [0.1, 0.15) is 24.8 Å². The number of hydrogen-bond acceptors (Lipinski definition) is 2. The van der Waals surface area contributed by atoms with Gasteiger partial charge in [-0.2, -0.15) is 0 Å². The molecular weight excluding hydrogens is 240 g/mol. The smallest absolute Gasteiger partial charge is 0.312 e. The van der Waals surface area contributed by atoms with Crippen LogP contribution in [0.25, 0.3) is 0 Å². The minimum absolute atomic E-state index is 0.0371. The van der Waals surface area contributed by atoms with Crippen molar-refractivity contribution >= 4 is 11.9 Å². The Bertz CT molecular complexity index is 482. The summed E-state index contributed by atoms with van der Waals surface area (Å²) in [5.41, 5.74) is 1.25. The highest BCUT2D eigenvalue weighted by atomic mass is 16.2. The van der Waals surface area contributed by atoms with E-state index < -0.39 is 0 Å². The lowest BCUT2D eigenvalue weighted by atomic mass is 10.1. The summed E-state index contributed by atoms with van der Waals surface area (Å²) in [5.74, 6) is -0.0371. The minimum atomic E-state index is -0.0828. The first-order valence-corrected chi connectivity index (χ1v) is 6.90. The summed E-state index contributed by atoms with van der Waals surface area (Å²) in [6.07, 6.45) is 3.84. The molecular formula is C15H18N2O2. The van der Waals surface area contributed by atoms with Crippen molar-refractivity contribution in [2.75, 3.05) is 13.1 Å². The van der Waals surface area contributed by atoms with E-state index in [0.717, 1.165) is 25.7 Å². The zero-order chi connectivity index (χ0) is 13.2. The number of urea groups is 1. The summed E-state index contributed by atoms with van der Waals surface area (Å²) in [6.45, 7) is 0.824. The quantitative estimate of drug-likeness (QED) is 0.758. The Kier molecular flexibility index (Phi) is 3.23. The van der Waals surface area contributed by atoms with Crippen LogP contribution in [0.3, 0.4) is 0 Å². The number of amides is 3. The van der Waals surface area contributed by atoms with Crippen molar-refractivity contribution in [3.63, 3.8) is 0 Å². The molecule has 100 valence electrons. The third-order valence-corrected chi connectivity index (χ3v) is 3.76. The highest BCUT2D eigenvalue weighted by Crippen LogP contribution is 2.30. The fourth-order valence-electron chi connectivity index (χ4n) is 2.54. The van der Waals surface area contributed by atoms with E-state index in [-0.39, 0.29) is 18.5 Å². The Balaban J connectivity index is 1.52. The maximum absolute atomic E-state index is 12.1. The summed E-state index contributed by atoms with van der Waals surface area (Å²) in [4.78, 5) is 27.0. The molecule has 0 radical (unpaired) electrons. The number of imide groups is 1. The largest absolute Gasteiger partial charge is 0.327 e. The Morgan fingerprint density at radius 2 is 1.84 bits per heavy atom. The molecule has 3 rings (SSSR count). The second-order valence-corrected chi connectivity index (χ2v) is 5.28. The topological polar surface area (TPSA) is 40.6 Å². The van der Waals surface area contributed by atoms with Gasteiger partial charge in [-0.25, -0.2) is 4.79 Å². The molecule has 1 aliphatic carbocycles. The van der Waals surface area contributed by atoms with Crippen molar-refractivity contribution in [1.82, 2.24) is 9.80 Å². The summed E-state index contributed by atoms with van der Waals surface area (Å²) in [7, 11) is 0. The van der Waals surface area contributed by atoms with Crippen LogP contribution in [-0.2, 0) is 11.2 Å². The number of rotatable bonds is 5. The summed E-state index contributed by atoms with van der Waals surface area (Å²) in [6, 6.07) is 10.4. The van der Waals surface area contributed by atoms with Gasteiger partial charge in [0.1, 0.15) is 6.54 Å². The van der Waals surface area contributed by atoms with E-state index in [4.69, 9.17) is 0 Å². The van der Waals surface area contributed by atoms with Gasteiger partial charge in [-0.05, 0) is 31.2 Å². The van der Waals surface area contributed by atoms with E-state index in [0.29, 0.717) is 12.6 Å². The highest BCUT2D eigenvalue weighted by molar-refractivity contribution is 6.02. The molecule has 0 N–H and O–H groups in total. The molecule has 1 aromatic carbocycles. The number of nitrogens with zero attached hydrogens (tertiary/aromatic N) is 2. The van der Waals surface area contributed by atoms with Gasteiger partial charge in [0.2, 0.25) is 5.91 Å². The van der Waals surface area contributed by atoms with Crippen LogP contribution in [0.5, 0.6) is 0 Å². The van der Waals surface area contributed by atoms with Crippen molar-refractivity contribution in [3.8, 4) is 0 Å². The van der Waals surface area contributed by atoms with Crippen LogP contribution in [0.4, 0.5) is 4.79 Å². The maximum Gasteiger partial charge on any atom is 0.327 e. The molecule has 0 atom stereocenters. The highest BCUT2D eigenvalue weighted by Gasteiger charge is 2.43. The van der Waals surface area contributed by atoms with Crippen LogP contribution >= 0.6 is 0 Å². The van der Waals surface area contributed by atoms with Crippen LogP contribution in [0, 0.1) is 0 Å². The molecule has 1 saturated heterocycles. The average Bonchev–Trinajstić information content (AvgIpc) is 3.22. The number of aryl methyl sites for hydroxylation is 1. The first kappa shape index (κ1) is 12.2. The number of carbonyl (C=O) groups is 2. The number of hydrogen-bond donors (Lipinski definition) is 0. The standard InChI is InChI=1S/C15H18N2O2/c18-14-11-17(13-8-9-13)15(19)16(14)10-4-7-12-5-2-1-3-6-12/h1-3,5-6,13H,4,7-11H2. The molecule has 1 heterocycles. The molecule has 1 aromatic rings. The summed E-state index contributed by atoms with van der Waals surface area (Å²) >= 11 is 0. The molecule has 2 fully saturated rings. The Morgan fingerprint density at radius 1 is 1.11 bits per heavy atom. The predicted octanol–water partition coefficient (Wildman–Crippen LogP) is 2.05. The lowest BCUT2D eigenvalue weighted by molar-refractivity contribution is -0.125. The molecule has 0 bridgehead atoms. The van der Waals surface area contributed by atoms with E-state index in [1.807, 2.05) is 18.2 Å². The number of benzene rings is 1. The second kappa shape index (κ2) is 5.03. The molecule has 3 amide bonds. The predicted molar refractivity (Wildman–Crippen MR) is 71.6 cm³/mol. The number of carbonyl (C=O) groups excluding carboxylic acids is 2. The molecule has 1 aliphatic heterocycles. The van der Waals surface area contributed by atoms with Crippen LogP contribution in [0.2, 0.25) is 0 Å². The van der Waals surface area contributed by atoms with Crippen molar-refractivity contribution in [3.05, 3.63) is 35.9 Å². The molecule has 4 nitrogen and oxygen atoms in total. The van der Waals surface area contributed by atoms with Gasteiger partial charge in [0, 0.05) is 12.6 Å². The van der Waals surface area contributed by atoms with Crippen LogP contribution in [-0.4, -0.2) is 40.9 Å². The molecule has 0 spiro atoms.